The van der Waals surface area contributed by atoms with E-state index >= 15 is 0 Å². The lowest BCUT2D eigenvalue weighted by atomic mass is 9.84. The van der Waals surface area contributed by atoms with Gasteiger partial charge in [0.15, 0.2) is 0 Å². The van der Waals surface area contributed by atoms with Crippen molar-refractivity contribution in [2.75, 3.05) is 13.1 Å². The third-order valence-electron chi connectivity index (χ3n) is 3.80. The molecule has 1 aliphatic heterocycles. The van der Waals surface area contributed by atoms with E-state index in [9.17, 15) is 14.7 Å². The van der Waals surface area contributed by atoms with E-state index in [1.54, 1.807) is 4.90 Å². The highest BCUT2D eigenvalue weighted by Crippen LogP contribution is 2.34. The van der Waals surface area contributed by atoms with Gasteiger partial charge in [-0.2, -0.15) is 0 Å². The Hall–Kier alpha value is -1.10. The molecular formula is C12H22N2O3. The fourth-order valence-electron chi connectivity index (χ4n) is 2.17. The highest BCUT2D eigenvalue weighted by atomic mass is 16.4. The van der Waals surface area contributed by atoms with Crippen molar-refractivity contribution in [2.45, 2.75) is 39.7 Å². The minimum Gasteiger partial charge on any atom is -0.481 e. The largest absolute Gasteiger partial charge is 0.481 e. The Morgan fingerprint density at radius 3 is 2.41 bits per heavy atom. The molecule has 0 aliphatic carbocycles. The van der Waals surface area contributed by atoms with E-state index in [2.05, 4.69) is 0 Å². The molecule has 1 rings (SSSR count). The number of amides is 1. The van der Waals surface area contributed by atoms with Crippen LogP contribution in [0.2, 0.25) is 0 Å². The highest BCUT2D eigenvalue weighted by Gasteiger charge is 2.45. The molecular weight excluding hydrogens is 220 g/mol. The number of likely N-dealkylation sites (tertiary alicyclic amines) is 1. The second-order valence-electron chi connectivity index (χ2n) is 5.22. The molecule has 0 saturated carbocycles. The minimum absolute atomic E-state index is 0.0731. The normalized spacial score (nSPS) is 26.3. The molecule has 1 fully saturated rings. The Morgan fingerprint density at radius 1 is 1.47 bits per heavy atom. The van der Waals surface area contributed by atoms with Crippen molar-refractivity contribution in [2.24, 2.45) is 17.1 Å². The van der Waals surface area contributed by atoms with Gasteiger partial charge < -0.3 is 15.7 Å². The minimum atomic E-state index is -0.812. The lowest BCUT2D eigenvalue weighted by Crippen LogP contribution is -2.47. The number of hydrogen-bond acceptors (Lipinski definition) is 3. The van der Waals surface area contributed by atoms with Gasteiger partial charge in [0.1, 0.15) is 0 Å². The number of nitrogens with two attached hydrogens (primary N) is 1. The van der Waals surface area contributed by atoms with Crippen LogP contribution in [0.1, 0.15) is 33.6 Å². The number of rotatable bonds is 4. The lowest BCUT2D eigenvalue weighted by Gasteiger charge is -2.26. The maximum Gasteiger partial charge on any atom is 0.311 e. The first-order valence-corrected chi connectivity index (χ1v) is 6.12. The summed E-state index contributed by atoms with van der Waals surface area (Å²) < 4.78 is 0. The van der Waals surface area contributed by atoms with E-state index in [0.29, 0.717) is 19.4 Å². The van der Waals surface area contributed by atoms with Crippen molar-refractivity contribution in [1.82, 2.24) is 4.90 Å². The molecule has 1 heterocycles. The van der Waals surface area contributed by atoms with Crippen molar-refractivity contribution in [3.63, 3.8) is 0 Å². The van der Waals surface area contributed by atoms with Gasteiger partial charge in [0.25, 0.3) is 0 Å². The monoisotopic (exact) mass is 242 g/mol. The predicted molar refractivity (Wildman–Crippen MR) is 64.4 cm³/mol. The number of hydrogen-bond donors (Lipinski definition) is 2. The predicted octanol–water partition coefficient (Wildman–Crippen LogP) is 0.683. The standard InChI is InChI=1S/C12H22N2O3/c1-4-12(11(16)17)5-6-14(7-12)10(15)9(13)8(2)3/h8-9H,4-7,13H2,1-3H3,(H,16,17)/t9-,12?/m0/s1. The van der Waals surface area contributed by atoms with Gasteiger partial charge in [-0.15, -0.1) is 0 Å². The number of carbonyl (C=O) groups is 2. The smallest absolute Gasteiger partial charge is 0.311 e. The van der Waals surface area contributed by atoms with Crippen LogP contribution in [0, 0.1) is 11.3 Å². The van der Waals surface area contributed by atoms with Gasteiger partial charge in [0, 0.05) is 13.1 Å². The van der Waals surface area contributed by atoms with Gasteiger partial charge in [-0.25, -0.2) is 0 Å². The first kappa shape index (κ1) is 14.0. The molecule has 0 radical (unpaired) electrons. The maximum atomic E-state index is 12.0. The number of carboxylic acids is 1. The maximum absolute atomic E-state index is 12.0. The second kappa shape index (κ2) is 5.04. The third kappa shape index (κ3) is 2.60. The van der Waals surface area contributed by atoms with Crippen molar-refractivity contribution in [3.8, 4) is 0 Å². The molecule has 1 amide bonds. The fraction of sp³-hybridized carbons (Fsp3) is 0.833. The van der Waals surface area contributed by atoms with Crippen molar-refractivity contribution in [3.05, 3.63) is 0 Å². The van der Waals surface area contributed by atoms with Crippen LogP contribution in [0.4, 0.5) is 0 Å². The molecule has 0 aromatic heterocycles. The third-order valence-corrected chi connectivity index (χ3v) is 3.80. The molecule has 0 aromatic carbocycles. The fourth-order valence-corrected chi connectivity index (χ4v) is 2.17. The molecule has 0 aromatic rings. The Kier molecular flexibility index (Phi) is 4.14. The summed E-state index contributed by atoms with van der Waals surface area (Å²) in [6.45, 7) is 6.42. The lowest BCUT2D eigenvalue weighted by molar-refractivity contribution is -0.148. The van der Waals surface area contributed by atoms with E-state index in [-0.39, 0.29) is 18.4 Å². The van der Waals surface area contributed by atoms with Crippen LogP contribution < -0.4 is 5.73 Å². The molecule has 1 aliphatic rings. The summed E-state index contributed by atoms with van der Waals surface area (Å²) in [6, 6.07) is -0.531. The van der Waals surface area contributed by atoms with Gasteiger partial charge in [-0.3, -0.25) is 9.59 Å². The molecule has 98 valence electrons. The molecule has 5 heteroatoms. The first-order chi connectivity index (χ1) is 7.84. The first-order valence-electron chi connectivity index (χ1n) is 6.12. The van der Waals surface area contributed by atoms with Crippen molar-refractivity contribution in [1.29, 1.82) is 0 Å². The Labute approximate surface area is 102 Å². The van der Waals surface area contributed by atoms with E-state index in [4.69, 9.17) is 5.73 Å². The summed E-state index contributed by atoms with van der Waals surface area (Å²) in [6.07, 6.45) is 1.07. The molecule has 1 saturated heterocycles. The van der Waals surface area contributed by atoms with Crippen LogP contribution in [0.5, 0.6) is 0 Å². The van der Waals surface area contributed by atoms with Crippen LogP contribution in [-0.2, 0) is 9.59 Å². The summed E-state index contributed by atoms with van der Waals surface area (Å²) in [5, 5.41) is 9.24. The molecule has 0 spiro atoms. The van der Waals surface area contributed by atoms with Gasteiger partial charge in [-0.05, 0) is 18.8 Å². The summed E-state index contributed by atoms with van der Waals surface area (Å²) >= 11 is 0. The molecule has 0 bridgehead atoms. The van der Waals surface area contributed by atoms with Crippen LogP contribution in [0.15, 0.2) is 0 Å². The SMILES string of the molecule is CCC1(C(=O)O)CCN(C(=O)[C@@H](N)C(C)C)C1. The zero-order valence-electron chi connectivity index (χ0n) is 10.8. The van der Waals surface area contributed by atoms with Crippen molar-refractivity contribution >= 4 is 11.9 Å². The summed E-state index contributed by atoms with van der Waals surface area (Å²) in [5.41, 5.74) is 5.04. The van der Waals surface area contributed by atoms with Gasteiger partial charge in [0.05, 0.1) is 11.5 Å². The van der Waals surface area contributed by atoms with Gasteiger partial charge >= 0.3 is 5.97 Å². The average molecular weight is 242 g/mol. The van der Waals surface area contributed by atoms with Crippen LogP contribution in [0.3, 0.4) is 0 Å². The Balaban J connectivity index is 2.73. The molecule has 2 atom stereocenters. The highest BCUT2D eigenvalue weighted by molar-refractivity contribution is 5.84. The van der Waals surface area contributed by atoms with E-state index < -0.39 is 17.4 Å². The van der Waals surface area contributed by atoms with Crippen LogP contribution in [0.25, 0.3) is 0 Å². The number of aliphatic carboxylic acids is 1. The second-order valence-corrected chi connectivity index (χ2v) is 5.22. The summed E-state index contributed by atoms with van der Waals surface area (Å²) in [5.74, 6) is -0.867. The molecule has 3 N–H and O–H groups in total. The number of nitrogens with zero attached hydrogens (tertiary/aromatic N) is 1. The van der Waals surface area contributed by atoms with Crippen LogP contribution >= 0.6 is 0 Å². The summed E-state index contributed by atoms with van der Waals surface area (Å²) in [4.78, 5) is 24.9. The van der Waals surface area contributed by atoms with E-state index in [0.717, 1.165) is 0 Å². The molecule has 17 heavy (non-hydrogen) atoms. The Morgan fingerprint density at radius 2 is 2.06 bits per heavy atom. The average Bonchev–Trinajstić information content (AvgIpc) is 2.72. The molecule has 5 nitrogen and oxygen atoms in total. The number of carboxylic acid groups (broad SMARTS) is 1. The van der Waals surface area contributed by atoms with Crippen molar-refractivity contribution < 1.29 is 14.7 Å². The zero-order valence-corrected chi connectivity index (χ0v) is 10.8. The van der Waals surface area contributed by atoms with E-state index in [1.165, 1.54) is 0 Å². The number of carbonyl (C=O) groups excluding carboxylic acids is 1. The van der Waals surface area contributed by atoms with Crippen LogP contribution in [-0.4, -0.2) is 41.0 Å². The van der Waals surface area contributed by atoms with Gasteiger partial charge in [-0.1, -0.05) is 20.8 Å². The van der Waals surface area contributed by atoms with E-state index in [1.807, 2.05) is 20.8 Å². The zero-order chi connectivity index (χ0) is 13.2. The Bertz CT molecular complexity index is 317. The van der Waals surface area contributed by atoms with Gasteiger partial charge in [0.2, 0.25) is 5.91 Å². The topological polar surface area (TPSA) is 83.6 Å². The summed E-state index contributed by atoms with van der Waals surface area (Å²) in [7, 11) is 0. The quantitative estimate of drug-likeness (QED) is 0.759. The molecule has 1 unspecified atom stereocenters.